The Kier molecular flexibility index (Phi) is 3.48. The third-order valence-electron chi connectivity index (χ3n) is 6.85. The van der Waals surface area contributed by atoms with Crippen LogP contribution in [0.3, 0.4) is 0 Å². The van der Waals surface area contributed by atoms with Crippen LogP contribution in [0.25, 0.3) is 0 Å². The van der Waals surface area contributed by atoms with Gasteiger partial charge in [-0.2, -0.15) is 5.10 Å². The molecule has 26 heavy (non-hydrogen) atoms. The second kappa shape index (κ2) is 5.56. The second-order valence-electron chi connectivity index (χ2n) is 8.72. The zero-order valence-corrected chi connectivity index (χ0v) is 15.7. The van der Waals surface area contributed by atoms with Crippen LogP contribution in [0.2, 0.25) is 5.02 Å². The molecule has 1 heterocycles. The number of nitrogens with zero attached hydrogens (tertiary/aromatic N) is 3. The monoisotopic (exact) mass is 370 g/mol. The van der Waals surface area contributed by atoms with Crippen LogP contribution in [0.5, 0.6) is 0 Å². The fourth-order valence-corrected chi connectivity index (χ4v) is 6.32. The summed E-state index contributed by atoms with van der Waals surface area (Å²) in [5.41, 5.74) is 1.47. The van der Waals surface area contributed by atoms with Gasteiger partial charge in [-0.05, 0) is 75.0 Å². The molecule has 0 saturated heterocycles. The summed E-state index contributed by atoms with van der Waals surface area (Å²) in [4.78, 5) is 17.5. The Hall–Kier alpha value is -1.88. The molecule has 4 aliphatic rings. The predicted octanol–water partition coefficient (Wildman–Crippen LogP) is 4.17. The zero-order chi connectivity index (χ0) is 17.9. The Morgan fingerprint density at radius 1 is 1.27 bits per heavy atom. The van der Waals surface area contributed by atoms with Gasteiger partial charge in [-0.1, -0.05) is 17.7 Å². The Bertz CT molecular complexity index is 849. The van der Waals surface area contributed by atoms with Crippen LogP contribution < -0.4 is 5.32 Å². The average molecular weight is 371 g/mol. The first kappa shape index (κ1) is 16.3. The van der Waals surface area contributed by atoms with Crippen LogP contribution in [-0.2, 0) is 10.3 Å². The summed E-state index contributed by atoms with van der Waals surface area (Å²) in [5, 5.41) is 8.31. The maximum atomic E-state index is 13.4. The van der Waals surface area contributed by atoms with E-state index in [0.717, 1.165) is 43.4 Å². The van der Waals surface area contributed by atoms with E-state index in [1.165, 1.54) is 6.42 Å². The van der Waals surface area contributed by atoms with Crippen molar-refractivity contribution in [2.75, 3.05) is 5.32 Å². The Balaban J connectivity index is 1.46. The van der Waals surface area contributed by atoms with E-state index in [2.05, 4.69) is 15.4 Å². The van der Waals surface area contributed by atoms with Crippen molar-refractivity contribution in [2.45, 2.75) is 51.0 Å². The van der Waals surface area contributed by atoms with Gasteiger partial charge in [0.1, 0.15) is 12.7 Å². The standard InChI is InChI=1S/C20H23ClN4O/c1-13-2-3-16(5-17(13)21)24-18(26)19-6-14-4-15(7-19)9-20(8-14,10-19)25-12-22-11-23-25/h2-3,5,11-12,14-15H,4,6-10H2,1H3,(H,24,26)/t14-,15-,19?,20?/m0/s1. The number of carbonyl (C=O) groups excluding carboxylic acids is 1. The van der Waals surface area contributed by atoms with E-state index in [1.54, 1.807) is 6.33 Å². The maximum absolute atomic E-state index is 13.4. The minimum absolute atomic E-state index is 0.0388. The number of benzene rings is 1. The quantitative estimate of drug-likeness (QED) is 0.881. The number of halogens is 1. The normalized spacial score (nSPS) is 34.8. The summed E-state index contributed by atoms with van der Waals surface area (Å²) in [7, 11) is 0. The number of amides is 1. The van der Waals surface area contributed by atoms with Crippen molar-refractivity contribution in [3.05, 3.63) is 41.4 Å². The highest BCUT2D eigenvalue weighted by molar-refractivity contribution is 6.31. The molecule has 2 aromatic rings. The summed E-state index contributed by atoms with van der Waals surface area (Å²) in [5.74, 6) is 1.36. The molecule has 4 bridgehead atoms. The zero-order valence-electron chi connectivity index (χ0n) is 14.9. The van der Waals surface area contributed by atoms with E-state index < -0.39 is 0 Å². The fraction of sp³-hybridized carbons (Fsp3) is 0.550. The third kappa shape index (κ3) is 2.40. The third-order valence-corrected chi connectivity index (χ3v) is 7.25. The summed E-state index contributed by atoms with van der Waals surface area (Å²) in [6.07, 6.45) is 9.79. The lowest BCUT2D eigenvalue weighted by molar-refractivity contribution is -0.150. The summed E-state index contributed by atoms with van der Waals surface area (Å²) >= 11 is 6.24. The highest BCUT2D eigenvalue weighted by Crippen LogP contribution is 2.64. The summed E-state index contributed by atoms with van der Waals surface area (Å²) in [6, 6.07) is 5.74. The first-order valence-corrected chi connectivity index (χ1v) is 9.79. The number of rotatable bonds is 3. The van der Waals surface area contributed by atoms with Crippen LogP contribution in [0.15, 0.2) is 30.9 Å². The average Bonchev–Trinajstić information content (AvgIpc) is 3.12. The molecule has 0 spiro atoms. The van der Waals surface area contributed by atoms with Crippen LogP contribution >= 0.6 is 11.6 Å². The largest absolute Gasteiger partial charge is 0.326 e. The van der Waals surface area contributed by atoms with Gasteiger partial charge in [0, 0.05) is 10.7 Å². The predicted molar refractivity (Wildman–Crippen MR) is 99.9 cm³/mol. The van der Waals surface area contributed by atoms with Crippen LogP contribution in [0, 0.1) is 24.2 Å². The minimum Gasteiger partial charge on any atom is -0.326 e. The SMILES string of the molecule is Cc1ccc(NC(=O)C23C[C@@H]4C[C@@H](C2)CC(n2cncn2)(C4)C3)cc1Cl. The smallest absolute Gasteiger partial charge is 0.230 e. The van der Waals surface area contributed by atoms with Crippen molar-refractivity contribution in [1.82, 2.24) is 14.8 Å². The molecule has 1 aromatic carbocycles. The minimum atomic E-state index is -0.298. The van der Waals surface area contributed by atoms with Crippen molar-refractivity contribution < 1.29 is 4.79 Å². The lowest BCUT2D eigenvalue weighted by Gasteiger charge is -2.60. The van der Waals surface area contributed by atoms with E-state index >= 15 is 0 Å². The molecular weight excluding hydrogens is 348 g/mol. The number of nitrogens with one attached hydrogen (secondary N) is 1. The highest BCUT2D eigenvalue weighted by atomic mass is 35.5. The van der Waals surface area contributed by atoms with Crippen molar-refractivity contribution in [2.24, 2.45) is 17.3 Å². The molecule has 4 fully saturated rings. The van der Waals surface area contributed by atoms with Gasteiger partial charge in [0.2, 0.25) is 5.91 Å². The van der Waals surface area contributed by atoms with E-state index in [4.69, 9.17) is 11.6 Å². The van der Waals surface area contributed by atoms with Crippen molar-refractivity contribution in [3.63, 3.8) is 0 Å². The van der Waals surface area contributed by atoms with E-state index in [-0.39, 0.29) is 16.9 Å². The van der Waals surface area contributed by atoms with Crippen molar-refractivity contribution in [3.8, 4) is 0 Å². The lowest BCUT2D eigenvalue weighted by Crippen LogP contribution is -2.60. The molecule has 1 N–H and O–H groups in total. The number of aromatic nitrogens is 3. The molecule has 5 nitrogen and oxygen atoms in total. The topological polar surface area (TPSA) is 59.8 Å². The number of anilines is 1. The van der Waals surface area contributed by atoms with Crippen molar-refractivity contribution in [1.29, 1.82) is 0 Å². The molecular formula is C20H23ClN4O. The lowest BCUT2D eigenvalue weighted by atomic mass is 9.46. The highest BCUT2D eigenvalue weighted by Gasteiger charge is 2.61. The number of carbonyl (C=O) groups is 1. The maximum Gasteiger partial charge on any atom is 0.230 e. The molecule has 2 atom stereocenters. The first-order valence-electron chi connectivity index (χ1n) is 9.41. The molecule has 1 aromatic heterocycles. The Morgan fingerprint density at radius 2 is 2.04 bits per heavy atom. The van der Waals surface area contributed by atoms with Gasteiger partial charge in [-0.25, -0.2) is 9.67 Å². The molecule has 6 rings (SSSR count). The molecule has 0 radical (unpaired) electrons. The molecule has 0 aliphatic heterocycles. The second-order valence-corrected chi connectivity index (χ2v) is 9.13. The summed E-state index contributed by atoms with van der Waals surface area (Å²) in [6.45, 7) is 1.97. The Morgan fingerprint density at radius 3 is 2.69 bits per heavy atom. The van der Waals surface area contributed by atoms with E-state index in [1.807, 2.05) is 36.1 Å². The van der Waals surface area contributed by atoms with Gasteiger partial charge < -0.3 is 5.32 Å². The first-order chi connectivity index (χ1) is 12.5. The molecule has 6 heteroatoms. The van der Waals surface area contributed by atoms with Crippen LogP contribution in [-0.4, -0.2) is 20.7 Å². The summed E-state index contributed by atoms with van der Waals surface area (Å²) < 4.78 is 2.04. The van der Waals surface area contributed by atoms with Gasteiger partial charge >= 0.3 is 0 Å². The van der Waals surface area contributed by atoms with E-state index in [9.17, 15) is 4.79 Å². The van der Waals surface area contributed by atoms with Crippen LogP contribution in [0.4, 0.5) is 5.69 Å². The molecule has 4 aliphatic carbocycles. The Labute approximate surface area is 158 Å². The van der Waals surface area contributed by atoms with Gasteiger partial charge in [-0.3, -0.25) is 4.79 Å². The molecule has 1 amide bonds. The van der Waals surface area contributed by atoms with Gasteiger partial charge in [0.25, 0.3) is 0 Å². The van der Waals surface area contributed by atoms with E-state index in [0.29, 0.717) is 16.9 Å². The molecule has 4 saturated carbocycles. The van der Waals surface area contributed by atoms with Gasteiger partial charge in [0.15, 0.2) is 0 Å². The number of aryl methyl sites for hydroxylation is 1. The molecule has 136 valence electrons. The van der Waals surface area contributed by atoms with Gasteiger partial charge in [0.05, 0.1) is 11.0 Å². The van der Waals surface area contributed by atoms with Crippen molar-refractivity contribution >= 4 is 23.2 Å². The number of hydrogen-bond acceptors (Lipinski definition) is 3. The van der Waals surface area contributed by atoms with Crippen LogP contribution in [0.1, 0.15) is 44.1 Å². The fourth-order valence-electron chi connectivity index (χ4n) is 6.14. The van der Waals surface area contributed by atoms with Gasteiger partial charge in [-0.15, -0.1) is 0 Å². The molecule has 0 unspecified atom stereocenters. The number of hydrogen-bond donors (Lipinski definition) is 1.